The zero-order valence-corrected chi connectivity index (χ0v) is 18.7. The van der Waals surface area contributed by atoms with Crippen LogP contribution in [0.2, 0.25) is 10.0 Å². The summed E-state index contributed by atoms with van der Waals surface area (Å²) in [5.74, 6) is 0.358. The molecule has 160 valence electrons. The molecule has 0 heterocycles. The first-order chi connectivity index (χ1) is 15.0. The van der Waals surface area contributed by atoms with Crippen LogP contribution in [0.1, 0.15) is 36.8 Å². The Morgan fingerprint density at radius 1 is 0.968 bits per heavy atom. The van der Waals surface area contributed by atoms with Crippen LogP contribution in [0.15, 0.2) is 84.0 Å². The van der Waals surface area contributed by atoms with E-state index in [-0.39, 0.29) is 11.8 Å². The SMILES string of the molecule is C/C(=N\NC(=O)CCCOc1ccc(Cl)cc1Cl)C(c1ccccc1)c1ccccc1. The van der Waals surface area contributed by atoms with E-state index in [4.69, 9.17) is 27.9 Å². The second-order valence-corrected chi connectivity index (χ2v) is 7.91. The highest BCUT2D eigenvalue weighted by Gasteiger charge is 2.17. The number of hydrogen-bond donors (Lipinski definition) is 1. The van der Waals surface area contributed by atoms with Gasteiger partial charge in [0.05, 0.1) is 11.6 Å². The van der Waals surface area contributed by atoms with E-state index < -0.39 is 0 Å². The summed E-state index contributed by atoms with van der Waals surface area (Å²) >= 11 is 12.0. The summed E-state index contributed by atoms with van der Waals surface area (Å²) in [6.07, 6.45) is 0.837. The van der Waals surface area contributed by atoms with Crippen molar-refractivity contribution in [2.45, 2.75) is 25.7 Å². The Morgan fingerprint density at radius 2 is 1.58 bits per heavy atom. The van der Waals surface area contributed by atoms with Crippen molar-refractivity contribution in [2.75, 3.05) is 6.61 Å². The van der Waals surface area contributed by atoms with Crippen LogP contribution in [0, 0.1) is 0 Å². The van der Waals surface area contributed by atoms with Gasteiger partial charge in [-0.15, -0.1) is 0 Å². The Labute approximate surface area is 192 Å². The van der Waals surface area contributed by atoms with Crippen molar-refractivity contribution >= 4 is 34.8 Å². The van der Waals surface area contributed by atoms with E-state index in [1.807, 2.05) is 43.3 Å². The summed E-state index contributed by atoms with van der Waals surface area (Å²) in [6, 6.07) is 25.3. The number of carbonyl (C=O) groups excluding carboxylic acids is 1. The zero-order chi connectivity index (χ0) is 22.1. The lowest BCUT2D eigenvalue weighted by Gasteiger charge is -2.18. The number of amides is 1. The maximum atomic E-state index is 12.2. The van der Waals surface area contributed by atoms with Gasteiger partial charge in [-0.3, -0.25) is 4.79 Å². The molecule has 0 bridgehead atoms. The van der Waals surface area contributed by atoms with Gasteiger partial charge in [-0.25, -0.2) is 5.43 Å². The van der Waals surface area contributed by atoms with Crippen molar-refractivity contribution in [3.05, 3.63) is 100 Å². The van der Waals surface area contributed by atoms with Gasteiger partial charge >= 0.3 is 0 Å². The van der Waals surface area contributed by atoms with E-state index in [0.29, 0.717) is 35.2 Å². The number of halogens is 2. The number of nitrogens with zero attached hydrogens (tertiary/aromatic N) is 1. The van der Waals surface area contributed by atoms with Gasteiger partial charge in [0, 0.05) is 23.1 Å². The molecule has 1 N–H and O–H groups in total. The Kier molecular flexibility index (Phi) is 8.51. The van der Waals surface area contributed by atoms with Crippen molar-refractivity contribution in [1.29, 1.82) is 0 Å². The minimum atomic E-state index is -0.162. The Balaban J connectivity index is 1.55. The Hall–Kier alpha value is -2.82. The Bertz CT molecular complexity index is 985. The van der Waals surface area contributed by atoms with Gasteiger partial charge in [0.1, 0.15) is 5.75 Å². The molecule has 0 radical (unpaired) electrons. The summed E-state index contributed by atoms with van der Waals surface area (Å²) in [4.78, 5) is 12.2. The van der Waals surface area contributed by atoms with E-state index in [0.717, 1.165) is 16.8 Å². The summed E-state index contributed by atoms with van der Waals surface area (Å²) < 4.78 is 5.62. The molecule has 0 unspecified atom stereocenters. The van der Waals surface area contributed by atoms with Gasteiger partial charge in [-0.1, -0.05) is 83.9 Å². The molecule has 4 nitrogen and oxygen atoms in total. The number of hydrazone groups is 1. The van der Waals surface area contributed by atoms with Crippen LogP contribution in [0.5, 0.6) is 5.75 Å². The lowest BCUT2D eigenvalue weighted by molar-refractivity contribution is -0.121. The monoisotopic (exact) mass is 454 g/mol. The first-order valence-electron chi connectivity index (χ1n) is 10.1. The normalized spacial score (nSPS) is 11.4. The number of rotatable bonds is 9. The number of benzene rings is 3. The molecule has 0 saturated heterocycles. The summed E-state index contributed by atoms with van der Waals surface area (Å²) in [7, 11) is 0. The van der Waals surface area contributed by atoms with Crippen molar-refractivity contribution in [3.63, 3.8) is 0 Å². The molecule has 31 heavy (non-hydrogen) atoms. The molecule has 0 saturated carbocycles. The highest BCUT2D eigenvalue weighted by molar-refractivity contribution is 6.35. The van der Waals surface area contributed by atoms with E-state index in [2.05, 4.69) is 34.8 Å². The predicted molar refractivity (Wildman–Crippen MR) is 127 cm³/mol. The van der Waals surface area contributed by atoms with Crippen LogP contribution in [-0.2, 0) is 4.79 Å². The maximum Gasteiger partial charge on any atom is 0.240 e. The second-order valence-electron chi connectivity index (χ2n) is 7.07. The molecule has 0 fully saturated rings. The number of carbonyl (C=O) groups is 1. The van der Waals surface area contributed by atoms with Crippen LogP contribution in [0.3, 0.4) is 0 Å². The van der Waals surface area contributed by atoms with E-state index >= 15 is 0 Å². The molecule has 1 amide bonds. The third-order valence-electron chi connectivity index (χ3n) is 4.74. The average molecular weight is 455 g/mol. The van der Waals surface area contributed by atoms with Gasteiger partial charge in [-0.05, 0) is 42.7 Å². The van der Waals surface area contributed by atoms with Crippen LogP contribution >= 0.6 is 23.2 Å². The maximum absolute atomic E-state index is 12.2. The molecular formula is C25H24Cl2N2O2. The molecular weight excluding hydrogens is 431 g/mol. The lowest BCUT2D eigenvalue weighted by atomic mass is 9.88. The smallest absolute Gasteiger partial charge is 0.240 e. The minimum Gasteiger partial charge on any atom is -0.492 e. The zero-order valence-electron chi connectivity index (χ0n) is 17.2. The van der Waals surface area contributed by atoms with Crippen molar-refractivity contribution < 1.29 is 9.53 Å². The summed E-state index contributed by atoms with van der Waals surface area (Å²) in [6.45, 7) is 2.30. The van der Waals surface area contributed by atoms with Crippen molar-refractivity contribution in [2.24, 2.45) is 5.10 Å². The summed E-state index contributed by atoms with van der Waals surface area (Å²) in [5, 5.41) is 5.38. The quantitative estimate of drug-likeness (QED) is 0.228. The minimum absolute atomic E-state index is 0.0296. The lowest BCUT2D eigenvalue weighted by Crippen LogP contribution is -2.22. The van der Waals surface area contributed by atoms with Crippen molar-refractivity contribution in [1.82, 2.24) is 5.43 Å². The molecule has 0 atom stereocenters. The molecule has 0 spiro atoms. The summed E-state index contributed by atoms with van der Waals surface area (Å²) in [5.41, 5.74) is 5.73. The van der Waals surface area contributed by atoms with Gasteiger partial charge in [0.25, 0.3) is 0 Å². The fourth-order valence-corrected chi connectivity index (χ4v) is 3.71. The highest BCUT2D eigenvalue weighted by Crippen LogP contribution is 2.28. The standard InChI is InChI=1S/C25H24Cl2N2O2/c1-18(25(19-9-4-2-5-10-19)20-11-6-3-7-12-20)28-29-24(30)13-8-16-31-23-15-14-21(26)17-22(23)27/h2-7,9-12,14-15,17,25H,8,13,16H2,1H3,(H,29,30)/b28-18+. The van der Waals surface area contributed by atoms with Crippen LogP contribution in [-0.4, -0.2) is 18.2 Å². The number of nitrogens with one attached hydrogen (secondary N) is 1. The largest absolute Gasteiger partial charge is 0.492 e. The molecule has 6 heteroatoms. The fraction of sp³-hybridized carbons (Fsp3) is 0.200. The molecule has 0 aromatic heterocycles. The van der Waals surface area contributed by atoms with E-state index in [9.17, 15) is 4.79 Å². The topological polar surface area (TPSA) is 50.7 Å². The van der Waals surface area contributed by atoms with Gasteiger partial charge < -0.3 is 4.74 Å². The Morgan fingerprint density at radius 3 is 2.16 bits per heavy atom. The molecule has 3 aromatic rings. The van der Waals surface area contributed by atoms with Gasteiger partial charge in [0.15, 0.2) is 0 Å². The van der Waals surface area contributed by atoms with E-state index in [1.54, 1.807) is 18.2 Å². The molecule has 3 rings (SSSR count). The third kappa shape index (κ3) is 6.84. The van der Waals surface area contributed by atoms with Crippen LogP contribution < -0.4 is 10.2 Å². The fourth-order valence-electron chi connectivity index (χ4n) is 3.24. The van der Waals surface area contributed by atoms with Gasteiger partial charge in [-0.2, -0.15) is 5.10 Å². The number of ether oxygens (including phenoxy) is 1. The molecule has 0 aliphatic carbocycles. The molecule has 0 aliphatic heterocycles. The van der Waals surface area contributed by atoms with Gasteiger partial charge in [0.2, 0.25) is 5.91 Å². The first-order valence-corrected chi connectivity index (χ1v) is 10.8. The number of hydrogen-bond acceptors (Lipinski definition) is 3. The second kappa shape index (κ2) is 11.5. The highest BCUT2D eigenvalue weighted by atomic mass is 35.5. The average Bonchev–Trinajstić information content (AvgIpc) is 2.78. The molecule has 3 aromatic carbocycles. The van der Waals surface area contributed by atoms with Crippen molar-refractivity contribution in [3.8, 4) is 5.75 Å². The van der Waals surface area contributed by atoms with Crippen LogP contribution in [0.4, 0.5) is 0 Å². The van der Waals surface area contributed by atoms with E-state index in [1.165, 1.54) is 0 Å². The predicted octanol–water partition coefficient (Wildman–Crippen LogP) is 6.48. The molecule has 0 aliphatic rings. The first kappa shape index (κ1) is 22.9. The third-order valence-corrected chi connectivity index (χ3v) is 5.27. The van der Waals surface area contributed by atoms with Crippen LogP contribution in [0.25, 0.3) is 0 Å².